The van der Waals surface area contributed by atoms with Crippen LogP contribution in [0.25, 0.3) is 22.3 Å². The highest BCUT2D eigenvalue weighted by Gasteiger charge is 2.16. The zero-order chi connectivity index (χ0) is 12.5. The fourth-order valence-electron chi connectivity index (χ4n) is 1.94. The molecular weight excluding hydrogens is 230 g/mol. The number of hydrogen-bond donors (Lipinski definition) is 0. The third kappa shape index (κ3) is 1.64. The molecule has 3 rings (SSSR count). The summed E-state index contributed by atoms with van der Waals surface area (Å²) in [5.41, 5.74) is 1.22. The van der Waals surface area contributed by atoms with E-state index < -0.39 is 4.92 Å². The zero-order valence-electron chi connectivity index (χ0n) is 9.37. The topological polar surface area (TPSA) is 56.3 Å². The van der Waals surface area contributed by atoms with Gasteiger partial charge in [0.1, 0.15) is 5.76 Å². The Hall–Kier alpha value is -2.62. The number of benzene rings is 2. The van der Waals surface area contributed by atoms with E-state index in [-0.39, 0.29) is 5.69 Å². The Balaban J connectivity index is 2.23. The molecule has 88 valence electrons. The van der Waals surface area contributed by atoms with Crippen LogP contribution in [0.2, 0.25) is 0 Å². The van der Waals surface area contributed by atoms with Crippen molar-refractivity contribution in [1.82, 2.24) is 0 Å². The standard InChI is InChI=1S/C14H9NO3/c16-15(17)12-8-4-7-11-9-13(18-14(11)12)10-5-2-1-3-6-10/h1-9H. The van der Waals surface area contributed by atoms with E-state index in [1.54, 1.807) is 12.1 Å². The number of furan rings is 1. The SMILES string of the molecule is O=[N+]([O-])c1cccc2cc(-c3ccccc3)oc12. The molecule has 0 aliphatic heterocycles. The van der Waals surface area contributed by atoms with Crippen LogP contribution in [0, 0.1) is 10.1 Å². The van der Waals surface area contributed by atoms with E-state index in [4.69, 9.17) is 4.42 Å². The first-order valence-corrected chi connectivity index (χ1v) is 5.48. The molecule has 0 saturated carbocycles. The number of non-ortho nitro benzene ring substituents is 1. The van der Waals surface area contributed by atoms with Crippen LogP contribution in [0.3, 0.4) is 0 Å². The van der Waals surface area contributed by atoms with Gasteiger partial charge in [-0.15, -0.1) is 0 Å². The Kier molecular flexibility index (Phi) is 2.34. The molecule has 0 spiro atoms. The highest BCUT2D eigenvalue weighted by Crippen LogP contribution is 2.32. The normalized spacial score (nSPS) is 10.7. The van der Waals surface area contributed by atoms with Crippen molar-refractivity contribution in [3.8, 4) is 11.3 Å². The molecule has 3 aromatic rings. The number of nitro groups is 1. The zero-order valence-corrected chi connectivity index (χ0v) is 9.37. The van der Waals surface area contributed by atoms with Crippen LogP contribution < -0.4 is 0 Å². The number of fused-ring (bicyclic) bond motifs is 1. The molecule has 0 aliphatic rings. The van der Waals surface area contributed by atoms with Crippen molar-refractivity contribution in [2.75, 3.05) is 0 Å². The van der Waals surface area contributed by atoms with E-state index in [1.165, 1.54) is 6.07 Å². The van der Waals surface area contributed by atoms with Gasteiger partial charge in [-0.3, -0.25) is 10.1 Å². The van der Waals surface area contributed by atoms with E-state index in [2.05, 4.69) is 0 Å². The van der Waals surface area contributed by atoms with Gasteiger partial charge in [0.2, 0.25) is 5.58 Å². The number of para-hydroxylation sites is 1. The summed E-state index contributed by atoms with van der Waals surface area (Å²) in [6.07, 6.45) is 0. The van der Waals surface area contributed by atoms with Crippen molar-refractivity contribution in [2.24, 2.45) is 0 Å². The smallest absolute Gasteiger partial charge is 0.312 e. The van der Waals surface area contributed by atoms with Crippen LogP contribution in [-0.4, -0.2) is 4.92 Å². The molecule has 4 heteroatoms. The first-order valence-electron chi connectivity index (χ1n) is 5.48. The second-order valence-electron chi connectivity index (χ2n) is 3.93. The summed E-state index contributed by atoms with van der Waals surface area (Å²) in [6, 6.07) is 16.2. The summed E-state index contributed by atoms with van der Waals surface area (Å²) in [7, 11) is 0. The van der Waals surface area contributed by atoms with E-state index in [1.807, 2.05) is 36.4 Å². The van der Waals surface area contributed by atoms with Gasteiger partial charge in [0.05, 0.1) is 4.92 Å². The molecule has 2 aromatic carbocycles. The maximum Gasteiger partial charge on any atom is 0.312 e. The highest BCUT2D eigenvalue weighted by atomic mass is 16.6. The minimum Gasteiger partial charge on any atom is -0.449 e. The Morgan fingerprint density at radius 2 is 1.78 bits per heavy atom. The Morgan fingerprint density at radius 3 is 2.50 bits per heavy atom. The number of rotatable bonds is 2. The maximum atomic E-state index is 10.9. The second kappa shape index (κ2) is 4.00. The molecule has 1 heterocycles. The van der Waals surface area contributed by atoms with Crippen molar-refractivity contribution in [2.45, 2.75) is 0 Å². The first-order chi connectivity index (χ1) is 8.75. The lowest BCUT2D eigenvalue weighted by Crippen LogP contribution is -1.86. The van der Waals surface area contributed by atoms with Gasteiger partial charge in [-0.05, 0) is 6.07 Å². The summed E-state index contributed by atoms with van der Waals surface area (Å²) in [5.74, 6) is 0.639. The molecule has 0 N–H and O–H groups in total. The molecular formula is C14H9NO3. The van der Waals surface area contributed by atoms with E-state index in [0.29, 0.717) is 11.3 Å². The summed E-state index contributed by atoms with van der Waals surface area (Å²) in [6.45, 7) is 0. The molecule has 0 atom stereocenters. The van der Waals surface area contributed by atoms with Gasteiger partial charge in [0, 0.05) is 17.0 Å². The number of hydrogen-bond acceptors (Lipinski definition) is 3. The molecule has 0 radical (unpaired) electrons. The molecule has 0 fully saturated rings. The predicted molar refractivity (Wildman–Crippen MR) is 68.3 cm³/mol. The Morgan fingerprint density at radius 1 is 1.00 bits per heavy atom. The van der Waals surface area contributed by atoms with Gasteiger partial charge in [-0.1, -0.05) is 42.5 Å². The molecule has 4 nitrogen and oxygen atoms in total. The van der Waals surface area contributed by atoms with Gasteiger partial charge >= 0.3 is 5.69 Å². The minimum absolute atomic E-state index is 0.00492. The lowest BCUT2D eigenvalue weighted by Gasteiger charge is -1.94. The van der Waals surface area contributed by atoms with Crippen LogP contribution >= 0.6 is 0 Å². The Bertz CT molecular complexity index is 716. The molecule has 1 aromatic heterocycles. The quantitative estimate of drug-likeness (QED) is 0.501. The first kappa shape index (κ1) is 10.5. The molecule has 0 unspecified atom stereocenters. The predicted octanol–water partition coefficient (Wildman–Crippen LogP) is 4.01. The van der Waals surface area contributed by atoms with Crippen LogP contribution in [0.15, 0.2) is 59.0 Å². The maximum absolute atomic E-state index is 10.9. The third-order valence-corrected chi connectivity index (χ3v) is 2.78. The van der Waals surface area contributed by atoms with E-state index >= 15 is 0 Å². The van der Waals surface area contributed by atoms with E-state index in [9.17, 15) is 10.1 Å². The van der Waals surface area contributed by atoms with Gasteiger partial charge < -0.3 is 4.42 Å². The van der Waals surface area contributed by atoms with Crippen molar-refractivity contribution in [1.29, 1.82) is 0 Å². The van der Waals surface area contributed by atoms with Gasteiger partial charge in [-0.2, -0.15) is 0 Å². The van der Waals surface area contributed by atoms with Gasteiger partial charge in [-0.25, -0.2) is 0 Å². The van der Waals surface area contributed by atoms with Crippen molar-refractivity contribution < 1.29 is 9.34 Å². The Labute approximate surface area is 103 Å². The van der Waals surface area contributed by atoms with Crippen molar-refractivity contribution >= 4 is 16.7 Å². The number of nitrogens with zero attached hydrogens (tertiary/aromatic N) is 1. The van der Waals surface area contributed by atoms with Crippen LogP contribution in [0.1, 0.15) is 0 Å². The monoisotopic (exact) mass is 239 g/mol. The summed E-state index contributed by atoms with van der Waals surface area (Å²) < 4.78 is 5.60. The number of nitro benzene ring substituents is 1. The fraction of sp³-hybridized carbons (Fsp3) is 0. The summed E-state index contributed by atoms with van der Waals surface area (Å²) >= 11 is 0. The average molecular weight is 239 g/mol. The second-order valence-corrected chi connectivity index (χ2v) is 3.93. The molecule has 0 amide bonds. The summed E-state index contributed by atoms with van der Waals surface area (Å²) in [5, 5.41) is 11.6. The fourth-order valence-corrected chi connectivity index (χ4v) is 1.94. The lowest BCUT2D eigenvalue weighted by atomic mass is 10.1. The van der Waals surface area contributed by atoms with Crippen molar-refractivity contribution in [3.63, 3.8) is 0 Å². The molecule has 0 saturated heterocycles. The van der Waals surface area contributed by atoms with Gasteiger partial charge in [0.25, 0.3) is 0 Å². The van der Waals surface area contributed by atoms with Gasteiger partial charge in [0.15, 0.2) is 0 Å². The highest BCUT2D eigenvalue weighted by molar-refractivity contribution is 5.89. The van der Waals surface area contributed by atoms with Crippen LogP contribution in [-0.2, 0) is 0 Å². The molecule has 0 bridgehead atoms. The van der Waals surface area contributed by atoms with Crippen LogP contribution in [0.5, 0.6) is 0 Å². The third-order valence-electron chi connectivity index (χ3n) is 2.78. The largest absolute Gasteiger partial charge is 0.449 e. The summed E-state index contributed by atoms with van der Waals surface area (Å²) in [4.78, 5) is 10.5. The van der Waals surface area contributed by atoms with Crippen LogP contribution in [0.4, 0.5) is 5.69 Å². The average Bonchev–Trinajstić information content (AvgIpc) is 2.83. The molecule has 18 heavy (non-hydrogen) atoms. The van der Waals surface area contributed by atoms with Crippen molar-refractivity contribution in [3.05, 3.63) is 64.7 Å². The lowest BCUT2D eigenvalue weighted by molar-refractivity contribution is -0.383. The minimum atomic E-state index is -0.430. The van der Waals surface area contributed by atoms with E-state index in [0.717, 1.165) is 10.9 Å². The molecule has 0 aliphatic carbocycles.